The predicted octanol–water partition coefficient (Wildman–Crippen LogP) is 0.0398. The first-order valence-electron chi connectivity index (χ1n) is 5.99. The van der Waals surface area contributed by atoms with Crippen molar-refractivity contribution in [3.63, 3.8) is 0 Å². The molecule has 6 nitrogen and oxygen atoms in total. The van der Waals surface area contributed by atoms with Crippen LogP contribution in [0, 0.1) is 19.8 Å². The Kier molecular flexibility index (Phi) is 3.48. The molecule has 0 bridgehead atoms. The van der Waals surface area contributed by atoms with Crippen LogP contribution in [0.3, 0.4) is 0 Å². The van der Waals surface area contributed by atoms with Crippen molar-refractivity contribution in [3.05, 3.63) is 11.4 Å². The third-order valence-corrected chi connectivity index (χ3v) is 5.67. The molecule has 0 spiro atoms. The minimum absolute atomic E-state index is 0.0387. The van der Waals surface area contributed by atoms with Crippen LogP contribution in [0.25, 0.3) is 0 Å². The molecular weight excluding hydrogens is 254 g/mol. The summed E-state index contributed by atoms with van der Waals surface area (Å²) in [6.07, 6.45) is 0.716. The number of hydrogen-bond donors (Lipinski definition) is 1. The van der Waals surface area contributed by atoms with E-state index in [0.717, 1.165) is 0 Å². The van der Waals surface area contributed by atoms with Crippen molar-refractivity contribution in [1.82, 2.24) is 14.1 Å². The van der Waals surface area contributed by atoms with E-state index in [1.165, 1.54) is 4.31 Å². The molecule has 0 saturated carbocycles. The lowest BCUT2D eigenvalue weighted by Crippen LogP contribution is -2.30. The number of nitrogens with zero attached hydrogens (tertiary/aromatic N) is 3. The second kappa shape index (κ2) is 4.64. The number of hydrogen-bond acceptors (Lipinski definition) is 4. The highest BCUT2D eigenvalue weighted by molar-refractivity contribution is 7.89. The fraction of sp³-hybridized carbons (Fsp3) is 0.727. The van der Waals surface area contributed by atoms with Crippen molar-refractivity contribution in [2.45, 2.75) is 25.2 Å². The van der Waals surface area contributed by atoms with Gasteiger partial charge >= 0.3 is 0 Å². The van der Waals surface area contributed by atoms with Crippen LogP contribution in [-0.2, 0) is 17.1 Å². The molecule has 7 heteroatoms. The van der Waals surface area contributed by atoms with E-state index in [1.54, 1.807) is 25.6 Å². The van der Waals surface area contributed by atoms with Crippen molar-refractivity contribution in [2.75, 3.05) is 19.7 Å². The Morgan fingerprint density at radius 1 is 1.44 bits per heavy atom. The maximum absolute atomic E-state index is 12.5. The minimum atomic E-state index is -3.48. The number of aliphatic hydroxyl groups excluding tert-OH is 1. The van der Waals surface area contributed by atoms with Crippen LogP contribution in [0.1, 0.15) is 17.8 Å². The zero-order valence-electron chi connectivity index (χ0n) is 10.9. The van der Waals surface area contributed by atoms with Gasteiger partial charge in [-0.15, -0.1) is 0 Å². The molecule has 18 heavy (non-hydrogen) atoms. The Bertz CT molecular complexity index is 550. The van der Waals surface area contributed by atoms with E-state index in [0.29, 0.717) is 35.8 Å². The summed E-state index contributed by atoms with van der Waals surface area (Å²) in [6.45, 7) is 4.37. The van der Waals surface area contributed by atoms with Crippen LogP contribution in [0.2, 0.25) is 0 Å². The summed E-state index contributed by atoms with van der Waals surface area (Å²) in [5, 5.41) is 13.2. The SMILES string of the molecule is Cc1nn(C)c(C)c1S(=O)(=O)N1CCC(CO)C1. The van der Waals surface area contributed by atoms with Crippen LogP contribution in [-0.4, -0.2) is 47.3 Å². The zero-order valence-corrected chi connectivity index (χ0v) is 11.7. The second-order valence-electron chi connectivity index (χ2n) is 4.82. The largest absolute Gasteiger partial charge is 0.396 e. The molecule has 0 amide bonds. The third kappa shape index (κ3) is 2.06. The number of aliphatic hydroxyl groups is 1. The second-order valence-corrected chi connectivity index (χ2v) is 6.70. The molecule has 1 N–H and O–H groups in total. The molecule has 1 fully saturated rings. The minimum Gasteiger partial charge on any atom is -0.396 e. The Hall–Kier alpha value is -0.920. The van der Waals surface area contributed by atoms with Crippen LogP contribution in [0.5, 0.6) is 0 Å². The molecule has 102 valence electrons. The summed E-state index contributed by atoms with van der Waals surface area (Å²) in [5.41, 5.74) is 1.18. The molecule has 1 aromatic rings. The first kappa shape index (κ1) is 13.5. The van der Waals surface area contributed by atoms with Crippen molar-refractivity contribution < 1.29 is 13.5 Å². The molecule has 1 saturated heterocycles. The Labute approximate surface area is 107 Å². The lowest BCUT2D eigenvalue weighted by atomic mass is 10.1. The summed E-state index contributed by atoms with van der Waals surface area (Å²) >= 11 is 0. The van der Waals surface area contributed by atoms with E-state index < -0.39 is 10.0 Å². The van der Waals surface area contributed by atoms with Gasteiger partial charge in [-0.2, -0.15) is 9.40 Å². The number of aromatic nitrogens is 2. The summed E-state index contributed by atoms with van der Waals surface area (Å²) in [4.78, 5) is 0.309. The van der Waals surface area contributed by atoms with Gasteiger partial charge in [0.1, 0.15) is 4.90 Å². The molecule has 0 radical (unpaired) electrons. The third-order valence-electron chi connectivity index (χ3n) is 3.55. The highest BCUT2D eigenvalue weighted by Crippen LogP contribution is 2.27. The van der Waals surface area contributed by atoms with Crippen molar-refractivity contribution in [1.29, 1.82) is 0 Å². The van der Waals surface area contributed by atoms with Gasteiger partial charge in [-0.3, -0.25) is 4.68 Å². The summed E-state index contributed by atoms with van der Waals surface area (Å²) in [5.74, 6) is 0.0528. The maximum Gasteiger partial charge on any atom is 0.246 e. The first-order valence-corrected chi connectivity index (χ1v) is 7.43. The van der Waals surface area contributed by atoms with Gasteiger partial charge in [0, 0.05) is 26.7 Å². The summed E-state index contributed by atoms with van der Waals surface area (Å²) in [7, 11) is -1.75. The molecule has 1 atom stereocenters. The fourth-order valence-electron chi connectivity index (χ4n) is 2.42. The topological polar surface area (TPSA) is 75.4 Å². The molecule has 1 aromatic heterocycles. The standard InChI is InChI=1S/C11H19N3O3S/c1-8-11(9(2)13(3)12-8)18(16,17)14-5-4-10(6-14)7-15/h10,15H,4-7H2,1-3H3. The van der Waals surface area contributed by atoms with Gasteiger partial charge < -0.3 is 5.11 Å². The molecule has 2 rings (SSSR count). The summed E-state index contributed by atoms with van der Waals surface area (Å²) < 4.78 is 28.1. The maximum atomic E-state index is 12.5. The van der Waals surface area contributed by atoms with Crippen LogP contribution >= 0.6 is 0 Å². The van der Waals surface area contributed by atoms with Gasteiger partial charge in [0.25, 0.3) is 0 Å². The van der Waals surface area contributed by atoms with Gasteiger partial charge in [-0.25, -0.2) is 8.42 Å². The highest BCUT2D eigenvalue weighted by Gasteiger charge is 2.35. The van der Waals surface area contributed by atoms with E-state index >= 15 is 0 Å². The average molecular weight is 273 g/mol. The van der Waals surface area contributed by atoms with Gasteiger partial charge in [0.15, 0.2) is 0 Å². The van der Waals surface area contributed by atoms with Crippen molar-refractivity contribution in [3.8, 4) is 0 Å². The summed E-state index contributed by atoms with van der Waals surface area (Å²) in [6, 6.07) is 0. The Balaban J connectivity index is 2.37. The van der Waals surface area contributed by atoms with Gasteiger partial charge in [0.2, 0.25) is 10.0 Å². The van der Waals surface area contributed by atoms with E-state index in [9.17, 15) is 8.42 Å². The molecular formula is C11H19N3O3S. The highest BCUT2D eigenvalue weighted by atomic mass is 32.2. The molecule has 2 heterocycles. The lowest BCUT2D eigenvalue weighted by molar-refractivity contribution is 0.233. The monoisotopic (exact) mass is 273 g/mol. The van der Waals surface area contributed by atoms with Gasteiger partial charge in [-0.1, -0.05) is 0 Å². The molecule has 0 aliphatic carbocycles. The van der Waals surface area contributed by atoms with E-state index in [-0.39, 0.29) is 12.5 Å². The number of aryl methyl sites for hydroxylation is 2. The quantitative estimate of drug-likeness (QED) is 0.843. The van der Waals surface area contributed by atoms with Crippen LogP contribution in [0.4, 0.5) is 0 Å². The molecule has 1 aliphatic heterocycles. The predicted molar refractivity (Wildman–Crippen MR) is 66.6 cm³/mol. The molecule has 1 unspecified atom stereocenters. The van der Waals surface area contributed by atoms with E-state index in [2.05, 4.69) is 5.10 Å². The fourth-order valence-corrected chi connectivity index (χ4v) is 4.35. The molecule has 1 aliphatic rings. The van der Waals surface area contributed by atoms with E-state index in [4.69, 9.17) is 5.11 Å². The smallest absolute Gasteiger partial charge is 0.246 e. The van der Waals surface area contributed by atoms with Crippen molar-refractivity contribution in [2.24, 2.45) is 13.0 Å². The normalized spacial score (nSPS) is 21.7. The average Bonchev–Trinajstić information content (AvgIpc) is 2.85. The van der Waals surface area contributed by atoms with Crippen LogP contribution < -0.4 is 0 Å². The van der Waals surface area contributed by atoms with Gasteiger partial charge in [0.05, 0.1) is 11.4 Å². The van der Waals surface area contributed by atoms with Crippen LogP contribution in [0.15, 0.2) is 4.90 Å². The van der Waals surface area contributed by atoms with Crippen molar-refractivity contribution >= 4 is 10.0 Å². The Morgan fingerprint density at radius 2 is 2.11 bits per heavy atom. The lowest BCUT2D eigenvalue weighted by Gasteiger charge is -2.16. The first-order chi connectivity index (χ1) is 8.37. The Morgan fingerprint density at radius 3 is 2.56 bits per heavy atom. The number of sulfonamides is 1. The van der Waals surface area contributed by atoms with E-state index in [1.807, 2.05) is 0 Å². The number of rotatable bonds is 3. The molecule has 0 aromatic carbocycles. The van der Waals surface area contributed by atoms with Gasteiger partial charge in [-0.05, 0) is 26.2 Å². The zero-order chi connectivity index (χ0) is 13.5.